The minimum Gasteiger partial charge on any atom is -0.488 e. The number of hydrogen-bond acceptors (Lipinski definition) is 5. The molecule has 1 atom stereocenters. The van der Waals surface area contributed by atoms with Crippen LogP contribution in [0.3, 0.4) is 0 Å². The van der Waals surface area contributed by atoms with Gasteiger partial charge in [0.25, 0.3) is 0 Å². The molecule has 0 bridgehead atoms. The third-order valence-electron chi connectivity index (χ3n) is 4.38. The van der Waals surface area contributed by atoms with Crippen molar-refractivity contribution < 1.29 is 14.3 Å². The van der Waals surface area contributed by atoms with Crippen LogP contribution in [0.5, 0.6) is 5.75 Å². The number of hydrogen-bond donors (Lipinski definition) is 1. The van der Waals surface area contributed by atoms with E-state index in [-0.39, 0.29) is 13.0 Å². The number of nitriles is 1. The van der Waals surface area contributed by atoms with Gasteiger partial charge in [0.2, 0.25) is 0 Å². The van der Waals surface area contributed by atoms with Crippen LogP contribution in [-0.2, 0) is 29.2 Å². The first kappa shape index (κ1) is 20.1. The summed E-state index contributed by atoms with van der Waals surface area (Å²) in [5.41, 5.74) is 9.09. The second kappa shape index (κ2) is 10.1. The molecule has 0 fully saturated rings. The van der Waals surface area contributed by atoms with Gasteiger partial charge in [0.05, 0.1) is 5.56 Å². The molecule has 0 aliphatic rings. The molecule has 0 heterocycles. The van der Waals surface area contributed by atoms with E-state index >= 15 is 0 Å². The Bertz CT molecular complexity index is 982. The lowest BCUT2D eigenvalue weighted by Gasteiger charge is -2.13. The smallest absolute Gasteiger partial charge is 0.323 e. The second-order valence-electron chi connectivity index (χ2n) is 6.62. The summed E-state index contributed by atoms with van der Waals surface area (Å²) >= 11 is 0. The highest BCUT2D eigenvalue weighted by Gasteiger charge is 2.17. The summed E-state index contributed by atoms with van der Waals surface area (Å²) in [5, 5.41) is 9.44. The number of rotatable bonds is 8. The molecule has 0 spiro atoms. The lowest BCUT2D eigenvalue weighted by molar-refractivity contribution is -0.146. The fourth-order valence-corrected chi connectivity index (χ4v) is 2.83. The highest BCUT2D eigenvalue weighted by molar-refractivity contribution is 5.76. The molecular weight excluding hydrogens is 364 g/mol. The van der Waals surface area contributed by atoms with Crippen molar-refractivity contribution in [1.29, 1.82) is 5.26 Å². The van der Waals surface area contributed by atoms with Crippen LogP contribution in [0.1, 0.15) is 22.3 Å². The van der Waals surface area contributed by atoms with Gasteiger partial charge in [0, 0.05) is 0 Å². The fourth-order valence-electron chi connectivity index (χ4n) is 2.83. The Morgan fingerprint density at radius 1 is 0.897 bits per heavy atom. The first-order valence-corrected chi connectivity index (χ1v) is 9.31. The Morgan fingerprint density at radius 2 is 1.52 bits per heavy atom. The number of benzene rings is 3. The van der Waals surface area contributed by atoms with Gasteiger partial charge < -0.3 is 15.2 Å². The number of carbonyl (C=O) groups is 1. The van der Waals surface area contributed by atoms with Gasteiger partial charge in [0.1, 0.15) is 31.1 Å². The Kier molecular flexibility index (Phi) is 6.99. The zero-order chi connectivity index (χ0) is 20.5. The number of nitrogens with two attached hydrogens (primary N) is 1. The zero-order valence-corrected chi connectivity index (χ0v) is 16.0. The maximum absolute atomic E-state index is 12.2. The van der Waals surface area contributed by atoms with Gasteiger partial charge in [-0.2, -0.15) is 5.26 Å². The number of carbonyl (C=O) groups excluding carboxylic acids is 1. The van der Waals surface area contributed by atoms with Crippen molar-refractivity contribution in [1.82, 2.24) is 0 Å². The van der Waals surface area contributed by atoms with Crippen molar-refractivity contribution in [3.05, 3.63) is 101 Å². The molecular formula is C24H22N2O3. The Morgan fingerprint density at radius 3 is 2.14 bits per heavy atom. The van der Waals surface area contributed by atoms with E-state index in [1.165, 1.54) is 0 Å². The highest BCUT2D eigenvalue weighted by Crippen LogP contribution is 2.21. The van der Waals surface area contributed by atoms with Crippen LogP contribution in [0.25, 0.3) is 0 Å². The van der Waals surface area contributed by atoms with Crippen LogP contribution in [0.15, 0.2) is 78.9 Å². The molecule has 3 rings (SSSR count). The largest absolute Gasteiger partial charge is 0.488 e. The van der Waals surface area contributed by atoms with E-state index in [0.29, 0.717) is 17.9 Å². The van der Waals surface area contributed by atoms with Crippen molar-refractivity contribution in [2.75, 3.05) is 0 Å². The number of esters is 1. The van der Waals surface area contributed by atoms with Crippen LogP contribution in [0.4, 0.5) is 0 Å². The lowest BCUT2D eigenvalue weighted by Crippen LogP contribution is -2.34. The van der Waals surface area contributed by atoms with Crippen LogP contribution >= 0.6 is 0 Å². The molecule has 0 aromatic heterocycles. The van der Waals surface area contributed by atoms with Crippen molar-refractivity contribution in [2.45, 2.75) is 25.7 Å². The molecule has 2 N–H and O–H groups in total. The zero-order valence-electron chi connectivity index (χ0n) is 16.0. The van der Waals surface area contributed by atoms with Gasteiger partial charge >= 0.3 is 5.97 Å². The lowest BCUT2D eigenvalue weighted by atomic mass is 10.0. The van der Waals surface area contributed by atoms with Crippen LogP contribution in [0.2, 0.25) is 0 Å². The molecule has 146 valence electrons. The van der Waals surface area contributed by atoms with Crippen LogP contribution < -0.4 is 10.5 Å². The number of nitrogens with zero attached hydrogens (tertiary/aromatic N) is 1. The summed E-state index contributed by atoms with van der Waals surface area (Å²) in [5.74, 6) is 0.0251. The minimum absolute atomic E-state index is 0.184. The first-order valence-electron chi connectivity index (χ1n) is 9.31. The molecule has 3 aromatic rings. The summed E-state index contributed by atoms with van der Waals surface area (Å²) in [6, 6.07) is 25.7. The Balaban J connectivity index is 1.57. The fraction of sp³-hybridized carbons (Fsp3) is 0.167. The van der Waals surface area contributed by atoms with Gasteiger partial charge in [-0.05, 0) is 35.2 Å². The van der Waals surface area contributed by atoms with E-state index in [0.717, 1.165) is 16.7 Å². The topological polar surface area (TPSA) is 85.3 Å². The van der Waals surface area contributed by atoms with Gasteiger partial charge in [-0.25, -0.2) is 0 Å². The Labute approximate surface area is 170 Å². The summed E-state index contributed by atoms with van der Waals surface area (Å²) in [4.78, 5) is 12.2. The summed E-state index contributed by atoms with van der Waals surface area (Å²) < 4.78 is 11.0. The predicted octanol–water partition coefficient (Wildman–Crippen LogP) is 3.75. The van der Waals surface area contributed by atoms with Crippen molar-refractivity contribution in [3.63, 3.8) is 0 Å². The first-order chi connectivity index (χ1) is 14.2. The third-order valence-corrected chi connectivity index (χ3v) is 4.38. The van der Waals surface area contributed by atoms with E-state index in [2.05, 4.69) is 6.07 Å². The molecule has 0 amide bonds. The quantitative estimate of drug-likeness (QED) is 0.596. The minimum atomic E-state index is -0.804. The summed E-state index contributed by atoms with van der Waals surface area (Å²) in [6.07, 6.45) is 0.279. The predicted molar refractivity (Wildman–Crippen MR) is 110 cm³/mol. The van der Waals surface area contributed by atoms with E-state index in [1.54, 1.807) is 12.1 Å². The maximum Gasteiger partial charge on any atom is 0.323 e. The van der Waals surface area contributed by atoms with Gasteiger partial charge in [-0.1, -0.05) is 66.7 Å². The molecule has 3 aromatic carbocycles. The average molecular weight is 386 g/mol. The molecule has 0 radical (unpaired) electrons. The maximum atomic E-state index is 12.2. The molecule has 0 aliphatic heterocycles. The summed E-state index contributed by atoms with van der Waals surface area (Å²) in [6.45, 7) is 0.559. The highest BCUT2D eigenvalue weighted by atomic mass is 16.5. The van der Waals surface area contributed by atoms with Gasteiger partial charge in [0.15, 0.2) is 0 Å². The van der Waals surface area contributed by atoms with Crippen molar-refractivity contribution in [3.8, 4) is 11.8 Å². The van der Waals surface area contributed by atoms with Crippen LogP contribution in [-0.4, -0.2) is 12.0 Å². The van der Waals surface area contributed by atoms with Crippen molar-refractivity contribution in [2.24, 2.45) is 5.73 Å². The van der Waals surface area contributed by atoms with E-state index in [1.807, 2.05) is 66.7 Å². The van der Waals surface area contributed by atoms with Gasteiger partial charge in [-0.3, -0.25) is 4.79 Å². The van der Waals surface area contributed by atoms with Gasteiger partial charge in [-0.15, -0.1) is 0 Å². The standard InChI is InChI=1S/C24H22N2O3/c25-15-21-13-20(11-12-23(21)28-16-18-7-3-1-4-8-18)14-22(26)24(27)29-17-19-9-5-2-6-10-19/h1-13,22H,14,16-17,26H2. The molecule has 5 nitrogen and oxygen atoms in total. The monoisotopic (exact) mass is 386 g/mol. The molecule has 1 unspecified atom stereocenters. The van der Waals surface area contributed by atoms with E-state index in [9.17, 15) is 10.1 Å². The van der Waals surface area contributed by atoms with E-state index < -0.39 is 12.0 Å². The number of ether oxygens (including phenoxy) is 2. The average Bonchev–Trinajstić information content (AvgIpc) is 2.77. The SMILES string of the molecule is N#Cc1cc(CC(N)C(=O)OCc2ccccc2)ccc1OCc1ccccc1. The second-order valence-corrected chi connectivity index (χ2v) is 6.62. The van der Waals surface area contributed by atoms with Crippen LogP contribution in [0, 0.1) is 11.3 Å². The third kappa shape index (κ3) is 5.93. The van der Waals surface area contributed by atoms with Crippen molar-refractivity contribution >= 4 is 5.97 Å². The Hall–Kier alpha value is -3.62. The molecule has 0 aliphatic carbocycles. The molecule has 29 heavy (non-hydrogen) atoms. The normalized spacial score (nSPS) is 11.3. The molecule has 0 saturated carbocycles. The summed E-state index contributed by atoms with van der Waals surface area (Å²) in [7, 11) is 0. The molecule has 0 saturated heterocycles. The van der Waals surface area contributed by atoms with E-state index in [4.69, 9.17) is 15.2 Å². The molecule has 5 heteroatoms.